The van der Waals surface area contributed by atoms with Crippen molar-refractivity contribution < 1.29 is 28.6 Å². The molecule has 1 N–H and O–H groups in total. The monoisotopic (exact) mass is 329 g/mol. The number of hydrogen-bond donors (Lipinski definition) is 1. The van der Waals surface area contributed by atoms with Crippen LogP contribution in [0, 0.1) is 6.92 Å². The Morgan fingerprint density at radius 1 is 1.29 bits per heavy atom. The molecule has 7 nitrogen and oxygen atoms in total. The number of aromatic nitrogens is 1. The Hall–Kier alpha value is -2.80. The average Bonchev–Trinajstić information content (AvgIpc) is 2.94. The number of ketones is 2. The SMILES string of the molecule is Cc1oc2c(c1C(=O)OCCCCO)C(=O)c1ncccc1C2=O. The lowest BCUT2D eigenvalue weighted by Gasteiger charge is -2.12. The number of rotatable bonds is 5. The summed E-state index contributed by atoms with van der Waals surface area (Å²) in [4.78, 5) is 41.4. The molecule has 0 amide bonds. The number of pyridine rings is 1. The summed E-state index contributed by atoms with van der Waals surface area (Å²) >= 11 is 0. The highest BCUT2D eigenvalue weighted by Crippen LogP contribution is 2.32. The van der Waals surface area contributed by atoms with Crippen LogP contribution in [0.2, 0.25) is 0 Å². The number of nitrogens with zero attached hydrogens (tertiary/aromatic N) is 1. The van der Waals surface area contributed by atoms with E-state index in [0.29, 0.717) is 12.8 Å². The molecule has 2 aromatic heterocycles. The molecule has 0 fully saturated rings. The molecule has 0 aromatic carbocycles. The lowest BCUT2D eigenvalue weighted by molar-refractivity contribution is 0.0488. The average molecular weight is 329 g/mol. The van der Waals surface area contributed by atoms with Crippen LogP contribution >= 0.6 is 0 Å². The van der Waals surface area contributed by atoms with Crippen LogP contribution < -0.4 is 0 Å². The van der Waals surface area contributed by atoms with E-state index >= 15 is 0 Å². The smallest absolute Gasteiger partial charge is 0.342 e. The van der Waals surface area contributed by atoms with Crippen LogP contribution in [-0.4, -0.2) is 40.8 Å². The molecule has 1 aliphatic carbocycles. The van der Waals surface area contributed by atoms with Crippen LogP contribution in [-0.2, 0) is 4.74 Å². The minimum atomic E-state index is -0.726. The first-order valence-electron chi connectivity index (χ1n) is 7.52. The summed E-state index contributed by atoms with van der Waals surface area (Å²) in [5.74, 6) is -1.73. The van der Waals surface area contributed by atoms with Gasteiger partial charge in [-0.25, -0.2) is 4.79 Å². The number of aliphatic hydroxyl groups excluding tert-OH is 1. The Bertz CT molecular complexity index is 836. The zero-order valence-electron chi connectivity index (χ0n) is 13.0. The molecular formula is C17H15NO6. The number of ether oxygens (including phenoxy) is 1. The number of unbranched alkanes of at least 4 members (excludes halogenated alkanes) is 1. The molecule has 0 aliphatic heterocycles. The van der Waals surface area contributed by atoms with Gasteiger partial charge in [-0.15, -0.1) is 0 Å². The van der Waals surface area contributed by atoms with Gasteiger partial charge in [0.25, 0.3) is 0 Å². The van der Waals surface area contributed by atoms with Gasteiger partial charge in [-0.1, -0.05) is 0 Å². The number of esters is 1. The van der Waals surface area contributed by atoms with Gasteiger partial charge in [0.05, 0.1) is 17.7 Å². The summed E-state index contributed by atoms with van der Waals surface area (Å²) in [6.07, 6.45) is 2.41. The molecule has 1 aliphatic rings. The first kappa shape index (κ1) is 16.1. The fourth-order valence-corrected chi connectivity index (χ4v) is 2.63. The van der Waals surface area contributed by atoms with Crippen molar-refractivity contribution in [2.24, 2.45) is 0 Å². The summed E-state index contributed by atoms with van der Waals surface area (Å²) in [6, 6.07) is 3.05. The Morgan fingerprint density at radius 2 is 2.08 bits per heavy atom. The van der Waals surface area contributed by atoms with Crippen LogP contribution in [0.1, 0.15) is 61.1 Å². The number of furan rings is 1. The van der Waals surface area contributed by atoms with Gasteiger partial charge in [0.2, 0.25) is 11.6 Å². The summed E-state index contributed by atoms with van der Waals surface area (Å²) in [5, 5.41) is 8.73. The van der Waals surface area contributed by atoms with E-state index in [9.17, 15) is 14.4 Å². The summed E-state index contributed by atoms with van der Waals surface area (Å²) in [7, 11) is 0. The summed E-state index contributed by atoms with van der Waals surface area (Å²) in [6.45, 7) is 1.62. The van der Waals surface area contributed by atoms with Gasteiger partial charge in [0, 0.05) is 12.8 Å². The van der Waals surface area contributed by atoms with Gasteiger partial charge in [-0.2, -0.15) is 0 Å². The number of carbonyl (C=O) groups excluding carboxylic acids is 3. The van der Waals surface area contributed by atoms with E-state index in [0.717, 1.165) is 0 Å². The van der Waals surface area contributed by atoms with Crippen molar-refractivity contribution >= 4 is 17.5 Å². The molecule has 24 heavy (non-hydrogen) atoms. The Labute approximate surface area is 137 Å². The first-order chi connectivity index (χ1) is 11.6. The number of aliphatic hydroxyl groups is 1. The molecule has 0 radical (unpaired) electrons. The van der Waals surface area contributed by atoms with Crippen LogP contribution in [0.3, 0.4) is 0 Å². The summed E-state index contributed by atoms with van der Waals surface area (Å²) in [5.41, 5.74) is 0.0382. The third-order valence-corrected chi connectivity index (χ3v) is 3.77. The van der Waals surface area contributed by atoms with Gasteiger partial charge in [-0.05, 0) is 31.9 Å². The third kappa shape index (κ3) is 2.52. The van der Waals surface area contributed by atoms with Crippen molar-refractivity contribution in [1.82, 2.24) is 4.98 Å². The van der Waals surface area contributed by atoms with Gasteiger partial charge >= 0.3 is 5.97 Å². The fraction of sp³-hybridized carbons (Fsp3) is 0.294. The van der Waals surface area contributed by atoms with Crippen LogP contribution in [0.5, 0.6) is 0 Å². The maximum absolute atomic E-state index is 12.7. The van der Waals surface area contributed by atoms with Crippen molar-refractivity contribution in [3.63, 3.8) is 0 Å². The minimum absolute atomic E-state index is 0.00475. The summed E-state index contributed by atoms with van der Waals surface area (Å²) < 4.78 is 10.5. The van der Waals surface area contributed by atoms with Crippen molar-refractivity contribution in [1.29, 1.82) is 0 Å². The van der Waals surface area contributed by atoms with Crippen LogP contribution in [0.15, 0.2) is 22.7 Å². The number of hydrogen-bond acceptors (Lipinski definition) is 7. The van der Waals surface area contributed by atoms with Crippen molar-refractivity contribution in [2.75, 3.05) is 13.2 Å². The van der Waals surface area contributed by atoms with Crippen molar-refractivity contribution in [3.05, 3.63) is 52.2 Å². The van der Waals surface area contributed by atoms with E-state index in [2.05, 4.69) is 4.98 Å². The number of aryl methyl sites for hydroxylation is 1. The quantitative estimate of drug-likeness (QED) is 0.560. The molecule has 0 saturated carbocycles. The highest BCUT2D eigenvalue weighted by molar-refractivity contribution is 6.29. The molecular weight excluding hydrogens is 314 g/mol. The Morgan fingerprint density at radius 3 is 2.83 bits per heavy atom. The van der Waals surface area contributed by atoms with E-state index in [1.54, 1.807) is 6.07 Å². The lowest BCUT2D eigenvalue weighted by atomic mass is 9.90. The maximum Gasteiger partial charge on any atom is 0.342 e. The lowest BCUT2D eigenvalue weighted by Crippen LogP contribution is -2.23. The van der Waals surface area contributed by atoms with E-state index in [-0.39, 0.29) is 47.1 Å². The largest absolute Gasteiger partial charge is 0.462 e. The third-order valence-electron chi connectivity index (χ3n) is 3.77. The van der Waals surface area contributed by atoms with Crippen molar-refractivity contribution in [2.45, 2.75) is 19.8 Å². The molecule has 0 saturated heterocycles. The molecule has 0 spiro atoms. The maximum atomic E-state index is 12.7. The molecule has 2 heterocycles. The van der Waals surface area contributed by atoms with Crippen molar-refractivity contribution in [3.8, 4) is 0 Å². The molecule has 7 heteroatoms. The Balaban J connectivity index is 1.97. The zero-order valence-corrected chi connectivity index (χ0v) is 13.0. The van der Waals surface area contributed by atoms with Crippen LogP contribution in [0.4, 0.5) is 0 Å². The van der Waals surface area contributed by atoms with E-state index < -0.39 is 17.5 Å². The molecule has 2 aromatic rings. The van der Waals surface area contributed by atoms with E-state index in [1.807, 2.05) is 0 Å². The van der Waals surface area contributed by atoms with Crippen LogP contribution in [0.25, 0.3) is 0 Å². The minimum Gasteiger partial charge on any atom is -0.462 e. The molecule has 0 atom stereocenters. The second-order valence-corrected chi connectivity index (χ2v) is 5.36. The molecule has 3 rings (SSSR count). The van der Waals surface area contributed by atoms with E-state index in [1.165, 1.54) is 19.2 Å². The van der Waals surface area contributed by atoms with Gasteiger partial charge in [-0.3, -0.25) is 14.6 Å². The van der Waals surface area contributed by atoms with Gasteiger partial charge < -0.3 is 14.3 Å². The predicted octanol–water partition coefficient (Wildman–Crippen LogP) is 1.69. The number of fused-ring (bicyclic) bond motifs is 2. The van der Waals surface area contributed by atoms with Gasteiger partial charge in [0.1, 0.15) is 17.0 Å². The van der Waals surface area contributed by atoms with E-state index in [4.69, 9.17) is 14.3 Å². The standard InChI is InChI=1S/C17H15NO6/c1-9-11(17(22)23-8-3-2-7-19)12-15(21)13-10(5-4-6-18-13)14(20)16(12)24-9/h4-6,19H,2-3,7-8H2,1H3. The Kier molecular flexibility index (Phi) is 4.26. The fourth-order valence-electron chi connectivity index (χ4n) is 2.63. The highest BCUT2D eigenvalue weighted by Gasteiger charge is 2.39. The highest BCUT2D eigenvalue weighted by atomic mass is 16.5. The molecule has 124 valence electrons. The first-order valence-corrected chi connectivity index (χ1v) is 7.52. The number of carbonyl (C=O) groups is 3. The molecule has 0 bridgehead atoms. The second-order valence-electron chi connectivity index (χ2n) is 5.36. The predicted molar refractivity (Wildman–Crippen MR) is 81.1 cm³/mol. The second kappa shape index (κ2) is 6.37. The normalized spacial score (nSPS) is 12.8. The topological polar surface area (TPSA) is 107 Å². The van der Waals surface area contributed by atoms with Gasteiger partial charge in [0.15, 0.2) is 5.76 Å². The molecule has 0 unspecified atom stereocenters. The zero-order chi connectivity index (χ0) is 17.3.